The maximum atomic E-state index is 12.9. The van der Waals surface area contributed by atoms with Gasteiger partial charge < -0.3 is 14.8 Å². The van der Waals surface area contributed by atoms with E-state index in [1.165, 1.54) is 5.56 Å². The van der Waals surface area contributed by atoms with Crippen LogP contribution in [0.25, 0.3) is 0 Å². The molecule has 4 nitrogen and oxygen atoms in total. The van der Waals surface area contributed by atoms with Crippen molar-refractivity contribution in [3.63, 3.8) is 0 Å². The Kier molecular flexibility index (Phi) is 4.23. The van der Waals surface area contributed by atoms with Crippen LogP contribution in [0.3, 0.4) is 0 Å². The van der Waals surface area contributed by atoms with Gasteiger partial charge in [-0.1, -0.05) is 60.1 Å². The Balaban J connectivity index is 1.49. The van der Waals surface area contributed by atoms with E-state index in [0.29, 0.717) is 28.6 Å². The van der Waals surface area contributed by atoms with E-state index in [9.17, 15) is 4.79 Å². The molecule has 4 aromatic carbocycles. The first-order valence-electron chi connectivity index (χ1n) is 10.4. The molecule has 0 aromatic heterocycles. The lowest BCUT2D eigenvalue weighted by Crippen LogP contribution is -2.33. The molecule has 2 aliphatic heterocycles. The number of esters is 1. The summed E-state index contributed by atoms with van der Waals surface area (Å²) in [7, 11) is 0. The normalized spacial score (nSPS) is 17.7. The van der Waals surface area contributed by atoms with Crippen molar-refractivity contribution in [1.82, 2.24) is 0 Å². The van der Waals surface area contributed by atoms with Gasteiger partial charge in [-0.25, -0.2) is 4.79 Å². The average molecular weight is 440 g/mol. The molecule has 1 spiro atoms. The number of carbonyl (C=O) groups excluding carboxylic acids is 1. The van der Waals surface area contributed by atoms with Gasteiger partial charge >= 0.3 is 5.97 Å². The predicted molar refractivity (Wildman–Crippen MR) is 123 cm³/mol. The standard InChI is InChI=1S/C27H18ClNO3/c28-18-10-12-22-24(14-18)31-25-15-19(29-16-17-6-2-1-3-7-17)11-13-23(25)27(22)21-9-5-4-8-20(21)26(30)32-27/h1-15,29H,16H2/t27-/m1/s1. The molecular weight excluding hydrogens is 422 g/mol. The van der Waals surface area contributed by atoms with Crippen LogP contribution >= 0.6 is 11.6 Å². The zero-order valence-corrected chi connectivity index (χ0v) is 17.7. The topological polar surface area (TPSA) is 47.6 Å². The Labute approximate surface area is 190 Å². The Hall–Kier alpha value is -3.76. The smallest absolute Gasteiger partial charge is 0.340 e. The molecule has 6 rings (SSSR count). The highest BCUT2D eigenvalue weighted by molar-refractivity contribution is 6.30. The molecule has 2 aliphatic rings. The van der Waals surface area contributed by atoms with Crippen LogP contribution in [0.5, 0.6) is 11.5 Å². The SMILES string of the molecule is O=C1O[C@@]2(c3ccc(Cl)cc3Oc3cc(NCc4ccccc4)ccc32)c2ccccc21. The van der Waals surface area contributed by atoms with Gasteiger partial charge in [0, 0.05) is 40.0 Å². The van der Waals surface area contributed by atoms with Gasteiger partial charge in [-0.3, -0.25) is 0 Å². The first-order valence-corrected chi connectivity index (χ1v) is 10.8. The number of carbonyl (C=O) groups is 1. The molecule has 0 radical (unpaired) electrons. The number of fused-ring (bicyclic) bond motifs is 6. The number of benzene rings is 4. The van der Waals surface area contributed by atoms with E-state index in [4.69, 9.17) is 21.1 Å². The fourth-order valence-electron chi connectivity index (χ4n) is 4.56. The second-order valence-electron chi connectivity index (χ2n) is 7.91. The molecule has 5 heteroatoms. The maximum absolute atomic E-state index is 12.9. The quantitative estimate of drug-likeness (QED) is 0.369. The van der Waals surface area contributed by atoms with Crippen molar-refractivity contribution in [2.75, 3.05) is 5.32 Å². The van der Waals surface area contributed by atoms with Crippen molar-refractivity contribution in [3.05, 3.63) is 124 Å². The number of nitrogens with one attached hydrogen (secondary N) is 1. The third-order valence-electron chi connectivity index (χ3n) is 6.02. The van der Waals surface area contributed by atoms with E-state index >= 15 is 0 Å². The lowest BCUT2D eigenvalue weighted by Gasteiger charge is -2.36. The summed E-state index contributed by atoms with van der Waals surface area (Å²) in [5.41, 5.74) is 3.94. The largest absolute Gasteiger partial charge is 0.456 e. The summed E-state index contributed by atoms with van der Waals surface area (Å²) < 4.78 is 12.4. The Morgan fingerprint density at radius 2 is 1.50 bits per heavy atom. The molecular formula is C27H18ClNO3. The van der Waals surface area contributed by atoms with Crippen LogP contribution in [0.4, 0.5) is 5.69 Å². The third-order valence-corrected chi connectivity index (χ3v) is 6.25. The average Bonchev–Trinajstić information content (AvgIpc) is 3.11. The summed E-state index contributed by atoms with van der Waals surface area (Å²) in [6, 6.07) is 29.0. The first-order chi connectivity index (χ1) is 15.6. The van der Waals surface area contributed by atoms with Gasteiger partial charge in [0.1, 0.15) is 11.5 Å². The molecule has 0 unspecified atom stereocenters. The molecule has 0 bridgehead atoms. The van der Waals surface area contributed by atoms with E-state index in [0.717, 1.165) is 22.4 Å². The van der Waals surface area contributed by atoms with E-state index in [1.807, 2.05) is 60.7 Å². The van der Waals surface area contributed by atoms with Crippen molar-refractivity contribution in [1.29, 1.82) is 0 Å². The highest BCUT2D eigenvalue weighted by Gasteiger charge is 2.53. The molecule has 2 heterocycles. The molecule has 0 aliphatic carbocycles. The second kappa shape index (κ2) is 7.14. The van der Waals surface area contributed by atoms with Crippen LogP contribution in [0.2, 0.25) is 5.02 Å². The zero-order chi connectivity index (χ0) is 21.7. The first kappa shape index (κ1) is 19.0. The van der Waals surface area contributed by atoms with Crippen molar-refractivity contribution in [2.24, 2.45) is 0 Å². The molecule has 1 atom stereocenters. The molecule has 0 fully saturated rings. The summed E-state index contributed by atoms with van der Waals surface area (Å²) in [6.45, 7) is 0.686. The van der Waals surface area contributed by atoms with Gasteiger partial charge in [0.05, 0.1) is 5.56 Å². The summed E-state index contributed by atoms with van der Waals surface area (Å²) in [6.07, 6.45) is 0. The number of rotatable bonds is 3. The molecule has 0 amide bonds. The third kappa shape index (κ3) is 2.80. The summed E-state index contributed by atoms with van der Waals surface area (Å²) in [5.74, 6) is 0.859. The van der Waals surface area contributed by atoms with Gasteiger partial charge in [0.25, 0.3) is 0 Å². The summed E-state index contributed by atoms with van der Waals surface area (Å²) >= 11 is 6.28. The lowest BCUT2D eigenvalue weighted by atomic mass is 9.77. The highest BCUT2D eigenvalue weighted by atomic mass is 35.5. The fourth-order valence-corrected chi connectivity index (χ4v) is 4.72. The van der Waals surface area contributed by atoms with Crippen LogP contribution in [0.1, 0.15) is 32.6 Å². The highest BCUT2D eigenvalue weighted by Crippen LogP contribution is 2.56. The fraction of sp³-hybridized carbons (Fsp3) is 0.0741. The van der Waals surface area contributed by atoms with Crippen molar-refractivity contribution < 1.29 is 14.3 Å². The molecule has 0 saturated heterocycles. The van der Waals surface area contributed by atoms with E-state index < -0.39 is 5.60 Å². The monoisotopic (exact) mass is 439 g/mol. The zero-order valence-electron chi connectivity index (χ0n) is 17.0. The summed E-state index contributed by atoms with van der Waals surface area (Å²) in [4.78, 5) is 12.9. The number of hydrogen-bond acceptors (Lipinski definition) is 4. The minimum absolute atomic E-state index is 0.347. The van der Waals surface area contributed by atoms with Gasteiger partial charge in [0.15, 0.2) is 5.60 Å². The van der Waals surface area contributed by atoms with Crippen molar-refractivity contribution in [2.45, 2.75) is 12.1 Å². The molecule has 156 valence electrons. The van der Waals surface area contributed by atoms with Crippen molar-refractivity contribution in [3.8, 4) is 11.5 Å². The minimum Gasteiger partial charge on any atom is -0.456 e. The molecule has 4 aromatic rings. The summed E-state index contributed by atoms with van der Waals surface area (Å²) in [5, 5.41) is 3.99. The maximum Gasteiger partial charge on any atom is 0.340 e. The van der Waals surface area contributed by atoms with Gasteiger partial charge in [0.2, 0.25) is 0 Å². The van der Waals surface area contributed by atoms with Gasteiger partial charge in [-0.15, -0.1) is 0 Å². The molecule has 1 N–H and O–H groups in total. The van der Waals surface area contributed by atoms with E-state index in [-0.39, 0.29) is 5.97 Å². The number of ether oxygens (including phenoxy) is 2. The van der Waals surface area contributed by atoms with Crippen LogP contribution in [-0.4, -0.2) is 5.97 Å². The minimum atomic E-state index is -1.07. The number of halogens is 1. The number of hydrogen-bond donors (Lipinski definition) is 1. The van der Waals surface area contributed by atoms with E-state index in [1.54, 1.807) is 18.2 Å². The molecule has 0 saturated carbocycles. The Bertz CT molecular complexity index is 1370. The van der Waals surface area contributed by atoms with Crippen molar-refractivity contribution >= 4 is 23.3 Å². The van der Waals surface area contributed by atoms with Crippen LogP contribution < -0.4 is 10.1 Å². The number of anilines is 1. The van der Waals surface area contributed by atoms with Gasteiger partial charge in [-0.05, 0) is 42.0 Å². The van der Waals surface area contributed by atoms with E-state index in [2.05, 4.69) is 17.4 Å². The predicted octanol–water partition coefficient (Wildman–Crippen LogP) is 6.52. The Morgan fingerprint density at radius 3 is 2.34 bits per heavy atom. The Morgan fingerprint density at radius 1 is 0.781 bits per heavy atom. The van der Waals surface area contributed by atoms with Crippen LogP contribution in [0.15, 0.2) is 91.0 Å². The van der Waals surface area contributed by atoms with Crippen LogP contribution in [0, 0.1) is 0 Å². The van der Waals surface area contributed by atoms with Gasteiger partial charge in [-0.2, -0.15) is 0 Å². The lowest BCUT2D eigenvalue weighted by molar-refractivity contribution is 0.0224. The van der Waals surface area contributed by atoms with Crippen LogP contribution in [-0.2, 0) is 16.9 Å². The molecule has 32 heavy (non-hydrogen) atoms. The second-order valence-corrected chi connectivity index (χ2v) is 8.35.